The zero-order chi connectivity index (χ0) is 17.4. The van der Waals surface area contributed by atoms with E-state index in [1.165, 1.54) is 0 Å². The van der Waals surface area contributed by atoms with Crippen molar-refractivity contribution in [1.82, 2.24) is 14.5 Å². The van der Waals surface area contributed by atoms with E-state index in [1.54, 1.807) is 9.80 Å². The molecule has 2 heterocycles. The number of hydrogen-bond donors (Lipinski definition) is 1. The van der Waals surface area contributed by atoms with Crippen LogP contribution < -0.4 is 4.72 Å². The summed E-state index contributed by atoms with van der Waals surface area (Å²) in [6.45, 7) is 7.46. The van der Waals surface area contributed by atoms with Gasteiger partial charge in [0.15, 0.2) is 0 Å². The molecule has 2 amide bonds. The number of piperidine rings is 1. The molecule has 2 aliphatic rings. The zero-order valence-electron chi connectivity index (χ0n) is 14.3. The number of rotatable bonds is 3. The highest BCUT2D eigenvalue weighted by atomic mass is 32.2. The first-order valence-electron chi connectivity index (χ1n) is 8.04. The molecule has 0 spiro atoms. The van der Waals surface area contributed by atoms with Crippen LogP contribution in [0.25, 0.3) is 0 Å². The Kier molecular flexibility index (Phi) is 5.06. The molecule has 132 valence electrons. The summed E-state index contributed by atoms with van der Waals surface area (Å²) in [5.74, 6) is -0.228. The quantitative estimate of drug-likeness (QED) is 0.790. The second-order valence-corrected chi connectivity index (χ2v) is 9.35. The van der Waals surface area contributed by atoms with Gasteiger partial charge in [0.1, 0.15) is 0 Å². The Morgan fingerprint density at radius 3 is 2.22 bits per heavy atom. The SMILES string of the molecule is CC(C)(C)N1CC(C(=O)N2CCC(NS(C)(=O)=O)CC2)CC1=O. The molecule has 0 radical (unpaired) electrons. The van der Waals surface area contributed by atoms with Gasteiger partial charge >= 0.3 is 0 Å². The Balaban J connectivity index is 1.90. The maximum Gasteiger partial charge on any atom is 0.227 e. The van der Waals surface area contributed by atoms with E-state index in [-0.39, 0.29) is 35.7 Å². The third kappa shape index (κ3) is 4.67. The Labute approximate surface area is 138 Å². The van der Waals surface area contributed by atoms with Crippen molar-refractivity contribution < 1.29 is 18.0 Å². The van der Waals surface area contributed by atoms with Gasteiger partial charge in [-0.25, -0.2) is 13.1 Å². The molecule has 0 saturated carbocycles. The van der Waals surface area contributed by atoms with E-state index >= 15 is 0 Å². The van der Waals surface area contributed by atoms with Gasteiger partial charge in [-0.3, -0.25) is 9.59 Å². The predicted molar refractivity (Wildman–Crippen MR) is 87.2 cm³/mol. The van der Waals surface area contributed by atoms with Crippen LogP contribution in [0.15, 0.2) is 0 Å². The van der Waals surface area contributed by atoms with Gasteiger partial charge in [0.05, 0.1) is 12.2 Å². The summed E-state index contributed by atoms with van der Waals surface area (Å²) in [7, 11) is -3.21. The monoisotopic (exact) mass is 345 g/mol. The van der Waals surface area contributed by atoms with Crippen molar-refractivity contribution in [2.45, 2.75) is 51.6 Å². The van der Waals surface area contributed by atoms with E-state index in [0.29, 0.717) is 32.5 Å². The molecule has 0 aromatic heterocycles. The topological polar surface area (TPSA) is 86.8 Å². The molecule has 1 N–H and O–H groups in total. The number of amides is 2. The van der Waals surface area contributed by atoms with Gasteiger partial charge in [-0.15, -0.1) is 0 Å². The second-order valence-electron chi connectivity index (χ2n) is 7.57. The van der Waals surface area contributed by atoms with Crippen molar-refractivity contribution in [3.8, 4) is 0 Å². The van der Waals surface area contributed by atoms with Crippen molar-refractivity contribution in [3.63, 3.8) is 0 Å². The molecule has 23 heavy (non-hydrogen) atoms. The van der Waals surface area contributed by atoms with Crippen LogP contribution in [0, 0.1) is 5.92 Å². The van der Waals surface area contributed by atoms with E-state index in [9.17, 15) is 18.0 Å². The van der Waals surface area contributed by atoms with E-state index in [0.717, 1.165) is 6.26 Å². The number of nitrogens with zero attached hydrogens (tertiary/aromatic N) is 2. The second kappa shape index (κ2) is 6.39. The lowest BCUT2D eigenvalue weighted by Gasteiger charge is -2.34. The summed E-state index contributed by atoms with van der Waals surface area (Å²) >= 11 is 0. The van der Waals surface area contributed by atoms with Crippen molar-refractivity contribution in [3.05, 3.63) is 0 Å². The molecule has 2 rings (SSSR count). The van der Waals surface area contributed by atoms with Gasteiger partial charge in [0.2, 0.25) is 21.8 Å². The van der Waals surface area contributed by atoms with Crippen molar-refractivity contribution in [2.24, 2.45) is 5.92 Å². The lowest BCUT2D eigenvalue weighted by atomic mass is 10.0. The summed E-state index contributed by atoms with van der Waals surface area (Å²) in [6, 6.07) is -0.106. The molecule has 2 saturated heterocycles. The molecule has 8 heteroatoms. The maximum absolute atomic E-state index is 12.6. The average molecular weight is 345 g/mol. The first kappa shape index (κ1) is 18.2. The number of sulfonamides is 1. The Hall–Kier alpha value is -1.15. The highest BCUT2D eigenvalue weighted by Gasteiger charge is 2.41. The van der Waals surface area contributed by atoms with Crippen molar-refractivity contribution in [1.29, 1.82) is 0 Å². The smallest absolute Gasteiger partial charge is 0.227 e. The molecule has 0 aromatic carbocycles. The largest absolute Gasteiger partial charge is 0.342 e. The fraction of sp³-hybridized carbons (Fsp3) is 0.867. The van der Waals surface area contributed by atoms with E-state index in [4.69, 9.17) is 0 Å². The van der Waals surface area contributed by atoms with E-state index in [1.807, 2.05) is 20.8 Å². The molecule has 0 bridgehead atoms. The van der Waals surface area contributed by atoms with Crippen LogP contribution in [0.4, 0.5) is 0 Å². The third-order valence-electron chi connectivity index (χ3n) is 4.47. The third-order valence-corrected chi connectivity index (χ3v) is 5.23. The van der Waals surface area contributed by atoms with E-state index < -0.39 is 10.0 Å². The average Bonchev–Trinajstić information content (AvgIpc) is 2.79. The molecule has 0 aliphatic carbocycles. The van der Waals surface area contributed by atoms with Gasteiger partial charge < -0.3 is 9.80 Å². The molecular formula is C15H27N3O4S. The van der Waals surface area contributed by atoms with Crippen LogP contribution in [-0.2, 0) is 19.6 Å². The summed E-state index contributed by atoms with van der Waals surface area (Å²) in [4.78, 5) is 28.3. The van der Waals surface area contributed by atoms with Crippen LogP contribution in [0.1, 0.15) is 40.0 Å². The van der Waals surface area contributed by atoms with Gasteiger partial charge in [-0.2, -0.15) is 0 Å². The Morgan fingerprint density at radius 2 is 1.78 bits per heavy atom. The minimum absolute atomic E-state index is 0.0166. The normalized spacial score (nSPS) is 24.3. The minimum atomic E-state index is -3.21. The number of carbonyl (C=O) groups is 2. The number of nitrogens with one attached hydrogen (secondary N) is 1. The predicted octanol–water partition coefficient (Wildman–Crippen LogP) is 0.174. The fourth-order valence-electron chi connectivity index (χ4n) is 3.30. The van der Waals surface area contributed by atoms with Gasteiger partial charge in [0, 0.05) is 37.6 Å². The number of hydrogen-bond acceptors (Lipinski definition) is 4. The highest BCUT2D eigenvalue weighted by molar-refractivity contribution is 7.88. The van der Waals surface area contributed by atoms with Gasteiger partial charge in [-0.1, -0.05) is 0 Å². The molecule has 1 atom stereocenters. The summed E-state index contributed by atoms with van der Waals surface area (Å²) in [5.41, 5.74) is -0.265. The lowest BCUT2D eigenvalue weighted by molar-refractivity contribution is -0.136. The number of carbonyl (C=O) groups excluding carboxylic acids is 2. The standard InChI is InChI=1S/C15H27N3O4S/c1-15(2,3)18-10-11(9-13(18)19)14(20)17-7-5-12(6-8-17)16-23(4,21)22/h11-12,16H,5-10H2,1-4H3. The van der Waals surface area contributed by atoms with Gasteiger partial charge in [0.25, 0.3) is 0 Å². The summed E-state index contributed by atoms with van der Waals surface area (Å²) < 4.78 is 25.1. The van der Waals surface area contributed by atoms with Crippen LogP contribution >= 0.6 is 0 Å². The molecular weight excluding hydrogens is 318 g/mol. The summed E-state index contributed by atoms with van der Waals surface area (Å²) in [6.07, 6.45) is 2.65. The van der Waals surface area contributed by atoms with Crippen LogP contribution in [0.2, 0.25) is 0 Å². The molecule has 1 unspecified atom stereocenters. The minimum Gasteiger partial charge on any atom is -0.342 e. The van der Waals surface area contributed by atoms with Crippen LogP contribution in [0.3, 0.4) is 0 Å². The first-order valence-corrected chi connectivity index (χ1v) is 9.93. The fourth-order valence-corrected chi connectivity index (χ4v) is 4.14. The van der Waals surface area contributed by atoms with Gasteiger partial charge in [-0.05, 0) is 33.6 Å². The molecule has 7 nitrogen and oxygen atoms in total. The molecule has 2 fully saturated rings. The number of likely N-dealkylation sites (tertiary alicyclic amines) is 2. The van der Waals surface area contributed by atoms with Crippen LogP contribution in [-0.4, -0.2) is 67.5 Å². The summed E-state index contributed by atoms with van der Waals surface area (Å²) in [5, 5.41) is 0. The van der Waals surface area contributed by atoms with Crippen molar-refractivity contribution >= 4 is 21.8 Å². The Morgan fingerprint density at radius 1 is 1.22 bits per heavy atom. The van der Waals surface area contributed by atoms with Crippen molar-refractivity contribution in [2.75, 3.05) is 25.9 Å². The van der Waals surface area contributed by atoms with Crippen LogP contribution in [0.5, 0.6) is 0 Å². The Bertz CT molecular complexity index is 574. The highest BCUT2D eigenvalue weighted by Crippen LogP contribution is 2.27. The first-order chi connectivity index (χ1) is 10.5. The maximum atomic E-state index is 12.6. The van der Waals surface area contributed by atoms with E-state index in [2.05, 4.69) is 4.72 Å². The lowest BCUT2D eigenvalue weighted by Crippen LogP contribution is -2.48. The molecule has 2 aliphatic heterocycles. The zero-order valence-corrected chi connectivity index (χ0v) is 15.1. The molecule has 0 aromatic rings.